The molecule has 0 saturated carbocycles. The third-order valence-electron chi connectivity index (χ3n) is 8.73. The van der Waals surface area contributed by atoms with E-state index < -0.39 is 13.9 Å². The minimum absolute atomic E-state index is 0.0676. The minimum atomic E-state index is -4.37. The molecular weight excluding hydrogens is 597 g/mol. The summed E-state index contributed by atoms with van der Waals surface area (Å²) >= 11 is 0. The average Bonchev–Trinajstić information content (AvgIpc) is 3.00. The normalized spacial score (nSPS) is 14.1. The van der Waals surface area contributed by atoms with Gasteiger partial charge in [0, 0.05) is 13.2 Å². The van der Waals surface area contributed by atoms with E-state index in [4.69, 9.17) is 18.5 Å². The van der Waals surface area contributed by atoms with Crippen LogP contribution in [-0.4, -0.2) is 71.3 Å². The third kappa shape index (κ3) is 36.8. The lowest BCUT2D eigenvalue weighted by atomic mass is 10.0. The predicted octanol–water partition coefficient (Wildman–Crippen LogP) is 10.8. The molecule has 0 spiro atoms. The summed E-state index contributed by atoms with van der Waals surface area (Å²) in [5.41, 5.74) is 0. The zero-order valence-electron chi connectivity index (χ0n) is 31.5. The zero-order chi connectivity index (χ0) is 34.0. The van der Waals surface area contributed by atoms with Crippen molar-refractivity contribution in [3.8, 4) is 0 Å². The Morgan fingerprint density at radius 1 is 0.500 bits per heavy atom. The number of phosphoric ester groups is 1. The summed E-state index contributed by atoms with van der Waals surface area (Å²) in [7, 11) is 1.61. The first-order valence-corrected chi connectivity index (χ1v) is 21.3. The summed E-state index contributed by atoms with van der Waals surface area (Å²) in [5.74, 6) is 0. The van der Waals surface area contributed by atoms with E-state index in [1.165, 1.54) is 148 Å². The van der Waals surface area contributed by atoms with Gasteiger partial charge in [-0.15, -0.1) is 0 Å². The molecular formula is C38H80NO6P. The highest BCUT2D eigenvalue weighted by molar-refractivity contribution is 7.45. The molecule has 0 aliphatic rings. The molecule has 0 fully saturated rings. The molecule has 0 aromatic rings. The van der Waals surface area contributed by atoms with Crippen molar-refractivity contribution in [1.29, 1.82) is 0 Å². The van der Waals surface area contributed by atoms with Crippen molar-refractivity contribution in [2.45, 2.75) is 187 Å². The van der Waals surface area contributed by atoms with E-state index in [2.05, 4.69) is 13.8 Å². The Kier molecular flexibility index (Phi) is 33.5. The topological polar surface area (TPSA) is 77.1 Å². The SMILES string of the molecule is CCCCCCCCCCCCCCCCCCOC[C@H](COP(=O)([O-])OCC[N+](C)(C)C)OCCCCCCCCCCCC. The van der Waals surface area contributed by atoms with Crippen LogP contribution in [0, 0.1) is 0 Å². The van der Waals surface area contributed by atoms with Crippen LogP contribution in [0.25, 0.3) is 0 Å². The van der Waals surface area contributed by atoms with Gasteiger partial charge in [-0.1, -0.05) is 168 Å². The van der Waals surface area contributed by atoms with Crippen molar-refractivity contribution < 1.29 is 32.5 Å². The second-order valence-electron chi connectivity index (χ2n) is 14.6. The van der Waals surface area contributed by atoms with Gasteiger partial charge < -0.3 is 27.9 Å². The molecule has 8 heteroatoms. The van der Waals surface area contributed by atoms with Gasteiger partial charge in [0.1, 0.15) is 19.3 Å². The first-order chi connectivity index (χ1) is 22.2. The number of hydrogen-bond donors (Lipinski definition) is 0. The van der Waals surface area contributed by atoms with Crippen molar-refractivity contribution in [2.75, 3.05) is 60.7 Å². The number of nitrogens with zero attached hydrogens (tertiary/aromatic N) is 1. The Hall–Kier alpha value is -0.0100. The second kappa shape index (κ2) is 33.5. The van der Waals surface area contributed by atoms with Crippen molar-refractivity contribution in [2.24, 2.45) is 0 Å². The van der Waals surface area contributed by atoms with E-state index in [0.29, 0.717) is 30.8 Å². The number of ether oxygens (including phenoxy) is 2. The van der Waals surface area contributed by atoms with Gasteiger partial charge in [0.05, 0.1) is 34.4 Å². The van der Waals surface area contributed by atoms with Crippen LogP contribution in [0.4, 0.5) is 0 Å². The minimum Gasteiger partial charge on any atom is -0.756 e. The maximum absolute atomic E-state index is 12.3. The number of hydrogen-bond acceptors (Lipinski definition) is 6. The molecule has 0 radical (unpaired) electrons. The Morgan fingerprint density at radius 2 is 0.870 bits per heavy atom. The summed E-state index contributed by atoms with van der Waals surface area (Å²) in [6.45, 7) is 6.76. The van der Waals surface area contributed by atoms with Crippen LogP contribution in [0.15, 0.2) is 0 Å². The molecule has 7 nitrogen and oxygen atoms in total. The van der Waals surface area contributed by atoms with Gasteiger partial charge in [-0.05, 0) is 12.8 Å². The van der Waals surface area contributed by atoms with Crippen molar-refractivity contribution >= 4 is 7.82 Å². The van der Waals surface area contributed by atoms with Gasteiger partial charge in [-0.25, -0.2) is 0 Å². The average molecular weight is 678 g/mol. The number of unbranched alkanes of at least 4 members (excludes halogenated alkanes) is 24. The van der Waals surface area contributed by atoms with E-state index in [9.17, 15) is 9.46 Å². The van der Waals surface area contributed by atoms with E-state index in [1.54, 1.807) is 0 Å². The fourth-order valence-corrected chi connectivity index (χ4v) is 6.32. The summed E-state index contributed by atoms with van der Waals surface area (Å²) < 4.78 is 35.2. The van der Waals surface area contributed by atoms with Crippen LogP contribution >= 0.6 is 7.82 Å². The van der Waals surface area contributed by atoms with Gasteiger partial charge in [0.2, 0.25) is 0 Å². The number of likely N-dealkylation sites (N-methyl/N-ethyl adjacent to an activating group) is 1. The molecule has 0 saturated heterocycles. The van der Waals surface area contributed by atoms with E-state index >= 15 is 0 Å². The highest BCUT2D eigenvalue weighted by atomic mass is 31.2. The maximum Gasteiger partial charge on any atom is 0.268 e. The number of rotatable bonds is 38. The lowest BCUT2D eigenvalue weighted by Gasteiger charge is -2.28. The van der Waals surface area contributed by atoms with Crippen molar-refractivity contribution in [1.82, 2.24) is 0 Å². The van der Waals surface area contributed by atoms with Gasteiger partial charge in [-0.3, -0.25) is 4.57 Å². The predicted molar refractivity (Wildman–Crippen MR) is 194 cm³/mol. The zero-order valence-corrected chi connectivity index (χ0v) is 32.4. The monoisotopic (exact) mass is 678 g/mol. The molecule has 0 aliphatic carbocycles. The van der Waals surface area contributed by atoms with Gasteiger partial charge in [0.15, 0.2) is 0 Å². The maximum atomic E-state index is 12.3. The Labute approximate surface area is 287 Å². The molecule has 0 N–H and O–H groups in total. The molecule has 0 aliphatic heterocycles. The molecule has 278 valence electrons. The van der Waals surface area contributed by atoms with Crippen LogP contribution in [0.1, 0.15) is 181 Å². The largest absolute Gasteiger partial charge is 0.756 e. The molecule has 1 unspecified atom stereocenters. The van der Waals surface area contributed by atoms with E-state index in [0.717, 1.165) is 19.3 Å². The first-order valence-electron chi connectivity index (χ1n) is 19.8. The molecule has 46 heavy (non-hydrogen) atoms. The summed E-state index contributed by atoms with van der Waals surface area (Å²) in [6, 6.07) is 0. The first kappa shape index (κ1) is 46.0. The van der Waals surface area contributed by atoms with Gasteiger partial charge >= 0.3 is 0 Å². The van der Waals surface area contributed by atoms with Gasteiger partial charge in [0.25, 0.3) is 7.82 Å². The molecule has 0 aromatic carbocycles. The van der Waals surface area contributed by atoms with Crippen molar-refractivity contribution in [3.05, 3.63) is 0 Å². The Bertz CT molecular complexity index is 660. The summed E-state index contributed by atoms with van der Waals surface area (Å²) in [6.07, 6.45) is 33.8. The Balaban J connectivity index is 4.04. The number of phosphoric acid groups is 1. The van der Waals surface area contributed by atoms with Crippen LogP contribution in [0.5, 0.6) is 0 Å². The lowest BCUT2D eigenvalue weighted by Crippen LogP contribution is -2.37. The fourth-order valence-electron chi connectivity index (χ4n) is 5.59. The fraction of sp³-hybridized carbons (Fsp3) is 1.00. The summed E-state index contributed by atoms with van der Waals surface area (Å²) in [5, 5.41) is 0. The van der Waals surface area contributed by atoms with Crippen LogP contribution < -0.4 is 4.89 Å². The smallest absolute Gasteiger partial charge is 0.268 e. The highest BCUT2D eigenvalue weighted by Gasteiger charge is 2.18. The van der Waals surface area contributed by atoms with Crippen LogP contribution in [0.3, 0.4) is 0 Å². The Morgan fingerprint density at radius 3 is 1.26 bits per heavy atom. The van der Waals surface area contributed by atoms with Crippen LogP contribution in [-0.2, 0) is 23.1 Å². The number of quaternary nitrogens is 1. The second-order valence-corrected chi connectivity index (χ2v) is 16.1. The molecule has 0 heterocycles. The van der Waals surface area contributed by atoms with E-state index in [-0.39, 0.29) is 13.2 Å². The van der Waals surface area contributed by atoms with Crippen LogP contribution in [0.2, 0.25) is 0 Å². The molecule has 2 atom stereocenters. The molecule has 0 rings (SSSR count). The van der Waals surface area contributed by atoms with Crippen molar-refractivity contribution in [3.63, 3.8) is 0 Å². The summed E-state index contributed by atoms with van der Waals surface area (Å²) in [4.78, 5) is 12.3. The van der Waals surface area contributed by atoms with E-state index in [1.807, 2.05) is 21.1 Å². The van der Waals surface area contributed by atoms with Gasteiger partial charge in [-0.2, -0.15) is 0 Å². The standard InChI is InChI=1S/C38H80NO6P/c1-6-8-10-12-14-16-18-19-20-21-22-23-24-26-28-30-33-42-36-38(37-45-46(40,41)44-35-32-39(3,4)5)43-34-31-29-27-25-17-15-13-11-9-7-2/h38H,6-37H2,1-5H3/t38-/m1/s1. The third-order valence-corrected chi connectivity index (χ3v) is 9.69. The molecule has 0 aromatic heterocycles. The molecule has 0 bridgehead atoms. The highest BCUT2D eigenvalue weighted by Crippen LogP contribution is 2.38. The quantitative estimate of drug-likeness (QED) is 0.0368. The lowest BCUT2D eigenvalue weighted by molar-refractivity contribution is -0.870. The molecule has 0 amide bonds.